The number of aromatic nitrogens is 1. The van der Waals surface area contributed by atoms with Crippen molar-refractivity contribution >= 4 is 29.9 Å². The van der Waals surface area contributed by atoms with E-state index in [9.17, 15) is 13.2 Å². The zero-order valence-electron chi connectivity index (χ0n) is 17.2. The number of alkyl halides is 3. The summed E-state index contributed by atoms with van der Waals surface area (Å²) in [5.41, 5.74) is 3.26. The van der Waals surface area contributed by atoms with E-state index in [0.29, 0.717) is 25.6 Å². The van der Waals surface area contributed by atoms with Crippen LogP contribution in [0.3, 0.4) is 0 Å². The molecule has 0 atom stereocenters. The van der Waals surface area contributed by atoms with E-state index in [1.165, 1.54) is 23.4 Å². The van der Waals surface area contributed by atoms with Gasteiger partial charge in [0.15, 0.2) is 12.6 Å². The smallest absolute Gasteiger partial charge is 0.422 e. The normalized spacial score (nSPS) is 13.1. The van der Waals surface area contributed by atoms with Crippen LogP contribution in [0.25, 0.3) is 0 Å². The highest BCUT2D eigenvalue weighted by atomic mass is 127. The minimum atomic E-state index is -4.38. The van der Waals surface area contributed by atoms with Crippen molar-refractivity contribution in [3.63, 3.8) is 0 Å². The molecule has 0 amide bonds. The van der Waals surface area contributed by atoms with Crippen molar-refractivity contribution < 1.29 is 22.6 Å². The molecule has 2 N–H and O–H groups in total. The molecule has 0 bridgehead atoms. The molecule has 31 heavy (non-hydrogen) atoms. The van der Waals surface area contributed by atoms with E-state index in [4.69, 9.17) is 4.74 Å². The van der Waals surface area contributed by atoms with E-state index in [1.807, 2.05) is 13.0 Å². The molecule has 1 aliphatic heterocycles. The molecule has 3 rings (SSSR count). The maximum absolute atomic E-state index is 12.2. The average Bonchev–Trinajstić information content (AvgIpc) is 3.18. The summed E-state index contributed by atoms with van der Waals surface area (Å²) in [6.45, 7) is 3.14. The van der Waals surface area contributed by atoms with E-state index in [1.54, 1.807) is 6.07 Å². The van der Waals surface area contributed by atoms with Crippen LogP contribution in [0.4, 0.5) is 13.2 Å². The van der Waals surface area contributed by atoms with Crippen molar-refractivity contribution in [3.8, 4) is 11.6 Å². The third kappa shape index (κ3) is 8.42. The molecular formula is C21H26F3IN4O2. The van der Waals surface area contributed by atoms with Crippen molar-refractivity contribution in [2.45, 2.75) is 32.5 Å². The minimum absolute atomic E-state index is 0. The maximum atomic E-state index is 12.2. The van der Waals surface area contributed by atoms with Gasteiger partial charge >= 0.3 is 6.18 Å². The Kier molecular flexibility index (Phi) is 9.66. The summed E-state index contributed by atoms with van der Waals surface area (Å²) in [5.74, 6) is 1.58. The Morgan fingerprint density at radius 1 is 1.19 bits per heavy atom. The van der Waals surface area contributed by atoms with Gasteiger partial charge in [-0.2, -0.15) is 13.2 Å². The summed E-state index contributed by atoms with van der Waals surface area (Å²) in [4.78, 5) is 8.39. The molecule has 0 saturated heterocycles. The monoisotopic (exact) mass is 550 g/mol. The van der Waals surface area contributed by atoms with Gasteiger partial charge in [0, 0.05) is 31.8 Å². The summed E-state index contributed by atoms with van der Waals surface area (Å²) in [7, 11) is 0. The number of guanidine groups is 1. The molecule has 0 radical (unpaired) electrons. The van der Waals surface area contributed by atoms with Crippen LogP contribution < -0.4 is 20.1 Å². The topological polar surface area (TPSA) is 67.8 Å². The Morgan fingerprint density at radius 3 is 2.71 bits per heavy atom. The van der Waals surface area contributed by atoms with Crippen molar-refractivity contribution in [3.05, 3.63) is 53.2 Å². The van der Waals surface area contributed by atoms with E-state index < -0.39 is 12.8 Å². The molecule has 6 nitrogen and oxygen atoms in total. The highest BCUT2D eigenvalue weighted by Crippen LogP contribution is 2.25. The summed E-state index contributed by atoms with van der Waals surface area (Å²) in [5, 5.41) is 6.47. The fraction of sp³-hybridized carbons (Fsp3) is 0.429. The van der Waals surface area contributed by atoms with Gasteiger partial charge in [-0.15, -0.1) is 24.0 Å². The molecule has 2 aromatic rings. The fourth-order valence-corrected chi connectivity index (χ4v) is 2.98. The van der Waals surface area contributed by atoms with Crippen molar-refractivity contribution in [2.75, 3.05) is 26.3 Å². The first-order valence-electron chi connectivity index (χ1n) is 9.84. The Bertz CT molecular complexity index is 861. The van der Waals surface area contributed by atoms with Gasteiger partial charge in [-0.3, -0.25) is 0 Å². The molecule has 0 spiro atoms. The SMILES string of the molecule is CCNC(=NCc1ccc(OCC(F)(F)F)nc1)NCCc1ccc2c(c1)CCO2.I. The third-order valence-electron chi connectivity index (χ3n) is 4.41. The van der Waals surface area contributed by atoms with Gasteiger partial charge in [0.2, 0.25) is 5.88 Å². The Balaban J connectivity index is 0.00000341. The highest BCUT2D eigenvalue weighted by Gasteiger charge is 2.28. The molecule has 0 unspecified atom stereocenters. The van der Waals surface area contributed by atoms with Gasteiger partial charge in [0.1, 0.15) is 5.75 Å². The van der Waals surface area contributed by atoms with E-state index in [0.717, 1.165) is 30.8 Å². The van der Waals surface area contributed by atoms with Crippen LogP contribution in [0, 0.1) is 0 Å². The number of benzene rings is 1. The van der Waals surface area contributed by atoms with E-state index in [2.05, 4.69) is 37.5 Å². The molecule has 0 aliphatic carbocycles. The number of ether oxygens (including phenoxy) is 2. The summed E-state index contributed by atoms with van der Waals surface area (Å²) in [6, 6.07) is 9.34. The first-order valence-corrected chi connectivity index (χ1v) is 9.84. The lowest BCUT2D eigenvalue weighted by Crippen LogP contribution is -2.38. The lowest BCUT2D eigenvalue weighted by Gasteiger charge is -2.12. The second-order valence-corrected chi connectivity index (χ2v) is 6.82. The van der Waals surface area contributed by atoms with Gasteiger partial charge < -0.3 is 20.1 Å². The zero-order valence-corrected chi connectivity index (χ0v) is 19.5. The predicted molar refractivity (Wildman–Crippen MR) is 123 cm³/mol. The first-order chi connectivity index (χ1) is 14.4. The van der Waals surface area contributed by atoms with Crippen LogP contribution >= 0.6 is 24.0 Å². The van der Waals surface area contributed by atoms with Crippen molar-refractivity contribution in [1.82, 2.24) is 15.6 Å². The molecule has 1 aromatic carbocycles. The largest absolute Gasteiger partial charge is 0.493 e. The second kappa shape index (κ2) is 12.0. The standard InChI is InChI=1S/C21H25F3N4O2.HI/c1-2-25-20(26-9-7-15-3-5-18-17(11-15)8-10-29-18)28-13-16-4-6-19(27-12-16)30-14-21(22,23)24;/h3-6,11-12H,2,7-10,13-14H2,1H3,(H2,25,26,28);1H. The molecule has 170 valence electrons. The summed E-state index contributed by atoms with van der Waals surface area (Å²) < 4.78 is 46.7. The van der Waals surface area contributed by atoms with Gasteiger partial charge in [-0.05, 0) is 36.1 Å². The molecule has 1 aliphatic rings. The van der Waals surface area contributed by atoms with Crippen LogP contribution in [0.2, 0.25) is 0 Å². The first kappa shape index (κ1) is 25.0. The number of fused-ring (bicyclic) bond motifs is 1. The number of rotatable bonds is 8. The molecule has 0 fully saturated rings. The molecular weight excluding hydrogens is 524 g/mol. The van der Waals surface area contributed by atoms with E-state index in [-0.39, 0.29) is 29.9 Å². The Labute approximate surface area is 196 Å². The Hall–Kier alpha value is -2.24. The van der Waals surface area contributed by atoms with Gasteiger partial charge in [-0.1, -0.05) is 18.2 Å². The van der Waals surface area contributed by atoms with E-state index >= 15 is 0 Å². The average molecular weight is 550 g/mol. The Morgan fingerprint density at radius 2 is 2.00 bits per heavy atom. The van der Waals surface area contributed by atoms with Crippen LogP contribution in [-0.2, 0) is 19.4 Å². The third-order valence-corrected chi connectivity index (χ3v) is 4.41. The molecule has 10 heteroatoms. The molecule has 2 heterocycles. The number of pyridine rings is 1. The lowest BCUT2D eigenvalue weighted by molar-refractivity contribution is -0.154. The highest BCUT2D eigenvalue weighted by molar-refractivity contribution is 14.0. The summed E-state index contributed by atoms with van der Waals surface area (Å²) >= 11 is 0. The predicted octanol–water partition coefficient (Wildman–Crippen LogP) is 3.87. The number of hydrogen-bond acceptors (Lipinski definition) is 4. The number of halogens is 4. The lowest BCUT2D eigenvalue weighted by atomic mass is 10.1. The van der Waals surface area contributed by atoms with Gasteiger partial charge in [-0.25, -0.2) is 9.98 Å². The van der Waals surface area contributed by atoms with Crippen LogP contribution in [0.5, 0.6) is 11.6 Å². The van der Waals surface area contributed by atoms with Gasteiger partial charge in [0.25, 0.3) is 0 Å². The number of nitrogens with one attached hydrogen (secondary N) is 2. The number of nitrogens with zero attached hydrogens (tertiary/aromatic N) is 2. The maximum Gasteiger partial charge on any atom is 0.422 e. The number of hydrogen-bond donors (Lipinski definition) is 2. The minimum Gasteiger partial charge on any atom is -0.493 e. The number of aliphatic imine (C=N–C) groups is 1. The second-order valence-electron chi connectivity index (χ2n) is 6.82. The van der Waals surface area contributed by atoms with Crippen LogP contribution in [0.1, 0.15) is 23.6 Å². The fourth-order valence-electron chi connectivity index (χ4n) is 2.98. The molecule has 1 aromatic heterocycles. The zero-order chi connectivity index (χ0) is 21.4. The molecule has 0 saturated carbocycles. The van der Waals surface area contributed by atoms with Gasteiger partial charge in [0.05, 0.1) is 13.2 Å². The van der Waals surface area contributed by atoms with Crippen molar-refractivity contribution in [1.29, 1.82) is 0 Å². The van der Waals surface area contributed by atoms with Crippen molar-refractivity contribution in [2.24, 2.45) is 4.99 Å². The quantitative estimate of drug-likeness (QED) is 0.297. The van der Waals surface area contributed by atoms with Crippen LogP contribution in [-0.4, -0.2) is 43.4 Å². The van der Waals surface area contributed by atoms with Crippen LogP contribution in [0.15, 0.2) is 41.5 Å². The summed E-state index contributed by atoms with van der Waals surface area (Å²) in [6.07, 6.45) is -1.12.